The number of rotatable bonds is 3. The SMILES string of the molecule is O=C(O)C(O)C(O)(O)C(=O)O. The van der Waals surface area contributed by atoms with Crippen molar-refractivity contribution in [2.75, 3.05) is 0 Å². The summed E-state index contributed by atoms with van der Waals surface area (Å²) in [6, 6.07) is 0. The van der Waals surface area contributed by atoms with Crippen molar-refractivity contribution in [3.63, 3.8) is 0 Å². The first-order valence-electron chi connectivity index (χ1n) is 2.39. The summed E-state index contributed by atoms with van der Waals surface area (Å²) < 4.78 is 0. The fourth-order valence-corrected chi connectivity index (χ4v) is 0.289. The largest absolute Gasteiger partial charge is 0.479 e. The molecule has 64 valence electrons. The topological polar surface area (TPSA) is 135 Å². The van der Waals surface area contributed by atoms with Gasteiger partial charge in [-0.15, -0.1) is 0 Å². The van der Waals surface area contributed by atoms with E-state index in [0.717, 1.165) is 0 Å². The van der Waals surface area contributed by atoms with E-state index >= 15 is 0 Å². The maximum atomic E-state index is 9.84. The van der Waals surface area contributed by atoms with Crippen LogP contribution in [-0.2, 0) is 9.59 Å². The smallest absolute Gasteiger partial charge is 0.367 e. The van der Waals surface area contributed by atoms with Crippen molar-refractivity contribution in [1.82, 2.24) is 0 Å². The molecule has 0 bridgehead atoms. The lowest BCUT2D eigenvalue weighted by atomic mass is 10.1. The molecule has 0 aliphatic carbocycles. The van der Waals surface area contributed by atoms with Crippen molar-refractivity contribution in [3.8, 4) is 0 Å². The molecule has 7 nitrogen and oxygen atoms in total. The average molecular weight is 166 g/mol. The quantitative estimate of drug-likeness (QED) is 0.285. The van der Waals surface area contributed by atoms with Gasteiger partial charge in [-0.2, -0.15) is 0 Å². The van der Waals surface area contributed by atoms with Crippen molar-refractivity contribution in [2.24, 2.45) is 0 Å². The minimum atomic E-state index is -3.65. The summed E-state index contributed by atoms with van der Waals surface area (Å²) >= 11 is 0. The first kappa shape index (κ1) is 9.82. The Hall–Kier alpha value is -1.18. The lowest BCUT2D eigenvalue weighted by Gasteiger charge is -2.18. The molecule has 0 saturated heterocycles. The molecule has 0 saturated carbocycles. The Balaban J connectivity index is 4.55. The third-order valence-corrected chi connectivity index (χ3v) is 0.930. The Morgan fingerprint density at radius 3 is 1.64 bits per heavy atom. The van der Waals surface area contributed by atoms with Crippen molar-refractivity contribution in [3.05, 3.63) is 0 Å². The highest BCUT2D eigenvalue weighted by atomic mass is 16.6. The fraction of sp³-hybridized carbons (Fsp3) is 0.500. The molecule has 0 aromatic rings. The number of carboxylic acid groups (broad SMARTS) is 2. The average Bonchev–Trinajstić information content (AvgIpc) is 1.85. The van der Waals surface area contributed by atoms with E-state index in [1.54, 1.807) is 0 Å². The van der Waals surface area contributed by atoms with Crippen LogP contribution in [-0.4, -0.2) is 49.4 Å². The van der Waals surface area contributed by atoms with Crippen molar-refractivity contribution < 1.29 is 35.1 Å². The predicted octanol–water partition coefficient (Wildman–Crippen LogP) is -2.80. The van der Waals surface area contributed by atoms with Crippen LogP contribution in [0.4, 0.5) is 0 Å². The van der Waals surface area contributed by atoms with E-state index in [9.17, 15) is 9.59 Å². The molecule has 0 rings (SSSR count). The number of aliphatic hydroxyl groups excluding tert-OH is 1. The van der Waals surface area contributed by atoms with Crippen LogP contribution in [0.1, 0.15) is 0 Å². The van der Waals surface area contributed by atoms with E-state index in [-0.39, 0.29) is 0 Å². The molecular weight excluding hydrogens is 160 g/mol. The van der Waals surface area contributed by atoms with Crippen LogP contribution in [0.15, 0.2) is 0 Å². The van der Waals surface area contributed by atoms with Gasteiger partial charge in [-0.3, -0.25) is 0 Å². The van der Waals surface area contributed by atoms with Gasteiger partial charge in [0.2, 0.25) is 6.10 Å². The van der Waals surface area contributed by atoms with Crippen LogP contribution in [0.2, 0.25) is 0 Å². The number of aliphatic hydroxyl groups is 3. The zero-order valence-corrected chi connectivity index (χ0v) is 5.13. The second-order valence-electron chi connectivity index (χ2n) is 1.77. The summed E-state index contributed by atoms with van der Waals surface area (Å²) in [6.45, 7) is 0. The Morgan fingerprint density at radius 2 is 1.55 bits per heavy atom. The molecule has 11 heavy (non-hydrogen) atoms. The molecule has 0 aliphatic heterocycles. The van der Waals surface area contributed by atoms with Crippen LogP contribution < -0.4 is 0 Å². The first-order valence-corrected chi connectivity index (χ1v) is 2.39. The number of aliphatic carboxylic acids is 2. The summed E-state index contributed by atoms with van der Waals surface area (Å²) in [5, 5.41) is 40.9. The number of hydrogen-bond donors (Lipinski definition) is 5. The molecule has 0 amide bonds. The lowest BCUT2D eigenvalue weighted by Crippen LogP contribution is -2.53. The monoisotopic (exact) mass is 166 g/mol. The molecule has 5 N–H and O–H groups in total. The van der Waals surface area contributed by atoms with Gasteiger partial charge in [0, 0.05) is 0 Å². The molecular formula is C4H6O7. The Morgan fingerprint density at radius 1 is 1.18 bits per heavy atom. The molecule has 0 heterocycles. The number of carboxylic acids is 2. The summed E-state index contributed by atoms with van der Waals surface area (Å²) in [5.74, 6) is -7.91. The molecule has 0 spiro atoms. The highest BCUT2D eigenvalue weighted by Gasteiger charge is 2.46. The highest BCUT2D eigenvalue weighted by Crippen LogP contribution is 2.06. The van der Waals surface area contributed by atoms with Crippen molar-refractivity contribution >= 4 is 11.9 Å². The second kappa shape index (κ2) is 2.82. The minimum Gasteiger partial charge on any atom is -0.479 e. The summed E-state index contributed by atoms with van der Waals surface area (Å²) in [7, 11) is 0. The van der Waals surface area contributed by atoms with Gasteiger partial charge in [-0.25, -0.2) is 9.59 Å². The van der Waals surface area contributed by atoms with Gasteiger partial charge >= 0.3 is 17.7 Å². The van der Waals surface area contributed by atoms with Crippen LogP contribution in [0, 0.1) is 0 Å². The van der Waals surface area contributed by atoms with Gasteiger partial charge in [-0.05, 0) is 0 Å². The zero-order chi connectivity index (χ0) is 9.23. The Labute approximate surface area is 60.1 Å². The molecule has 0 aliphatic rings. The Kier molecular flexibility index (Phi) is 2.52. The standard InChI is InChI=1S/C4H6O7/c5-1(2(6)7)4(10,11)3(8)9/h1,5,10-11H,(H,6,7)(H,8,9). The van der Waals surface area contributed by atoms with E-state index in [2.05, 4.69) is 0 Å². The van der Waals surface area contributed by atoms with E-state index in [1.807, 2.05) is 0 Å². The van der Waals surface area contributed by atoms with Gasteiger partial charge in [0.25, 0.3) is 0 Å². The summed E-state index contributed by atoms with van der Waals surface area (Å²) in [5.41, 5.74) is 0. The van der Waals surface area contributed by atoms with Gasteiger partial charge < -0.3 is 25.5 Å². The van der Waals surface area contributed by atoms with E-state index in [4.69, 9.17) is 25.5 Å². The first-order chi connectivity index (χ1) is 4.80. The third-order valence-electron chi connectivity index (χ3n) is 0.930. The van der Waals surface area contributed by atoms with E-state index in [0.29, 0.717) is 0 Å². The van der Waals surface area contributed by atoms with Crippen molar-refractivity contribution in [2.45, 2.75) is 11.9 Å². The number of carbonyl (C=O) groups is 2. The molecule has 0 aromatic heterocycles. The maximum Gasteiger partial charge on any atom is 0.367 e. The molecule has 0 aromatic carbocycles. The maximum absolute atomic E-state index is 9.84. The van der Waals surface area contributed by atoms with Crippen LogP contribution in [0.25, 0.3) is 0 Å². The van der Waals surface area contributed by atoms with Crippen LogP contribution >= 0.6 is 0 Å². The highest BCUT2D eigenvalue weighted by molar-refractivity contribution is 5.85. The third kappa shape index (κ3) is 1.87. The zero-order valence-electron chi connectivity index (χ0n) is 5.13. The van der Waals surface area contributed by atoms with Crippen molar-refractivity contribution in [1.29, 1.82) is 0 Å². The van der Waals surface area contributed by atoms with Gasteiger partial charge in [0.1, 0.15) is 0 Å². The van der Waals surface area contributed by atoms with Crippen LogP contribution in [0.5, 0.6) is 0 Å². The predicted molar refractivity (Wildman–Crippen MR) is 28.4 cm³/mol. The number of hydrogen-bond acceptors (Lipinski definition) is 5. The van der Waals surface area contributed by atoms with Gasteiger partial charge in [0.05, 0.1) is 0 Å². The molecule has 7 heteroatoms. The fourth-order valence-electron chi connectivity index (χ4n) is 0.289. The molecule has 0 fully saturated rings. The van der Waals surface area contributed by atoms with Crippen LogP contribution in [0.3, 0.4) is 0 Å². The molecule has 1 unspecified atom stereocenters. The lowest BCUT2D eigenvalue weighted by molar-refractivity contribution is -0.238. The van der Waals surface area contributed by atoms with Gasteiger partial charge in [0.15, 0.2) is 0 Å². The normalized spacial score (nSPS) is 14.1. The molecule has 0 radical (unpaired) electrons. The van der Waals surface area contributed by atoms with Gasteiger partial charge in [-0.1, -0.05) is 0 Å². The molecule has 1 atom stereocenters. The summed E-state index contributed by atoms with van der Waals surface area (Å²) in [6.07, 6.45) is -2.76. The summed E-state index contributed by atoms with van der Waals surface area (Å²) in [4.78, 5) is 19.7. The second-order valence-corrected chi connectivity index (χ2v) is 1.77. The van der Waals surface area contributed by atoms with E-state index in [1.165, 1.54) is 0 Å². The minimum absolute atomic E-state index is 2.03. The Bertz CT molecular complexity index is 183. The van der Waals surface area contributed by atoms with E-state index < -0.39 is 23.8 Å².